The van der Waals surface area contributed by atoms with Crippen molar-refractivity contribution in [2.45, 2.75) is 6.92 Å². The predicted molar refractivity (Wildman–Crippen MR) is 61.6 cm³/mol. The molecule has 0 saturated heterocycles. The van der Waals surface area contributed by atoms with Crippen LogP contribution in [0.3, 0.4) is 0 Å². The molecule has 1 aliphatic heterocycles. The van der Waals surface area contributed by atoms with Gasteiger partial charge in [-0.05, 0) is 19.1 Å². The predicted octanol–water partition coefficient (Wildman–Crippen LogP) is 0.521. The standard InChI is InChI=1S/C10H13NO5S/c1-2-11(6-7-12)8-4-3-5-9-10(8)16-17(13,14)15-9/h3-5,12H,2,6-7H2,1H3. The molecule has 1 aliphatic rings. The summed E-state index contributed by atoms with van der Waals surface area (Å²) in [7, 11) is -3.97. The summed E-state index contributed by atoms with van der Waals surface area (Å²) in [4.78, 5) is 1.81. The molecule has 0 radical (unpaired) electrons. The molecule has 94 valence electrons. The zero-order chi connectivity index (χ0) is 12.5. The van der Waals surface area contributed by atoms with E-state index >= 15 is 0 Å². The van der Waals surface area contributed by atoms with Gasteiger partial charge in [0.25, 0.3) is 0 Å². The average molecular weight is 259 g/mol. The number of anilines is 1. The molecule has 0 saturated carbocycles. The van der Waals surface area contributed by atoms with Gasteiger partial charge >= 0.3 is 10.4 Å². The number of aliphatic hydroxyl groups excluding tert-OH is 1. The van der Waals surface area contributed by atoms with E-state index in [9.17, 15) is 8.42 Å². The third kappa shape index (κ3) is 2.29. The number of likely N-dealkylation sites (N-methyl/N-ethyl adjacent to an activating group) is 1. The van der Waals surface area contributed by atoms with Gasteiger partial charge in [0.1, 0.15) is 0 Å². The van der Waals surface area contributed by atoms with Crippen LogP contribution >= 0.6 is 0 Å². The highest BCUT2D eigenvalue weighted by Crippen LogP contribution is 2.43. The van der Waals surface area contributed by atoms with E-state index in [-0.39, 0.29) is 18.1 Å². The first-order chi connectivity index (χ1) is 8.07. The van der Waals surface area contributed by atoms with Gasteiger partial charge in [-0.15, -0.1) is 8.42 Å². The maximum atomic E-state index is 11.2. The molecule has 6 nitrogen and oxygen atoms in total. The van der Waals surface area contributed by atoms with Crippen molar-refractivity contribution in [3.8, 4) is 11.5 Å². The number of para-hydroxylation sites is 1. The van der Waals surface area contributed by atoms with E-state index < -0.39 is 10.4 Å². The van der Waals surface area contributed by atoms with Crippen LogP contribution in [-0.4, -0.2) is 33.2 Å². The van der Waals surface area contributed by atoms with Gasteiger partial charge in [-0.2, -0.15) is 0 Å². The van der Waals surface area contributed by atoms with Gasteiger partial charge in [-0.25, -0.2) is 0 Å². The molecule has 17 heavy (non-hydrogen) atoms. The monoisotopic (exact) mass is 259 g/mol. The molecule has 0 unspecified atom stereocenters. The van der Waals surface area contributed by atoms with E-state index in [2.05, 4.69) is 4.18 Å². The second-order valence-electron chi connectivity index (χ2n) is 3.48. The van der Waals surface area contributed by atoms with E-state index in [1.165, 1.54) is 6.07 Å². The highest BCUT2D eigenvalue weighted by molar-refractivity contribution is 7.82. The Balaban J connectivity index is 2.41. The first-order valence-corrected chi connectivity index (χ1v) is 6.53. The summed E-state index contributed by atoms with van der Waals surface area (Å²) in [6.07, 6.45) is 0. The van der Waals surface area contributed by atoms with Crippen LogP contribution in [0.4, 0.5) is 5.69 Å². The second kappa shape index (κ2) is 4.42. The van der Waals surface area contributed by atoms with Crippen LogP contribution < -0.4 is 13.3 Å². The molecule has 7 heteroatoms. The van der Waals surface area contributed by atoms with Crippen molar-refractivity contribution in [3.63, 3.8) is 0 Å². The van der Waals surface area contributed by atoms with E-state index in [0.29, 0.717) is 18.8 Å². The van der Waals surface area contributed by atoms with Crippen molar-refractivity contribution < 1.29 is 21.9 Å². The number of fused-ring (bicyclic) bond motifs is 1. The van der Waals surface area contributed by atoms with Crippen LogP contribution in [0.15, 0.2) is 18.2 Å². The van der Waals surface area contributed by atoms with Crippen LogP contribution in [0.2, 0.25) is 0 Å². The Morgan fingerprint density at radius 2 is 2.12 bits per heavy atom. The molecule has 0 aliphatic carbocycles. The zero-order valence-corrected chi connectivity index (χ0v) is 10.1. The Morgan fingerprint density at radius 1 is 1.35 bits per heavy atom. The minimum Gasteiger partial charge on any atom is -0.395 e. The Bertz CT molecular complexity index is 513. The van der Waals surface area contributed by atoms with Crippen LogP contribution in [0.1, 0.15) is 6.92 Å². The molecular formula is C10H13NO5S. The van der Waals surface area contributed by atoms with Gasteiger partial charge in [0.2, 0.25) is 5.75 Å². The molecule has 1 aromatic rings. The summed E-state index contributed by atoms with van der Waals surface area (Å²) in [6.45, 7) is 2.90. The molecule has 1 aromatic carbocycles. The normalized spacial score (nSPS) is 15.9. The second-order valence-corrected chi connectivity index (χ2v) is 4.63. The molecule has 1 N–H and O–H groups in total. The fourth-order valence-corrected chi connectivity index (χ4v) is 2.46. The van der Waals surface area contributed by atoms with E-state index in [1.807, 2.05) is 11.8 Å². The van der Waals surface area contributed by atoms with Gasteiger partial charge in [-0.3, -0.25) is 0 Å². The van der Waals surface area contributed by atoms with Gasteiger partial charge in [0.15, 0.2) is 5.75 Å². The third-order valence-electron chi connectivity index (χ3n) is 2.43. The average Bonchev–Trinajstić information content (AvgIpc) is 2.59. The van der Waals surface area contributed by atoms with Crippen LogP contribution in [0.5, 0.6) is 11.5 Å². The number of aliphatic hydroxyl groups is 1. The van der Waals surface area contributed by atoms with Gasteiger partial charge in [0.05, 0.1) is 12.3 Å². The Labute approximate surface area is 99.7 Å². The molecule has 0 amide bonds. The maximum absolute atomic E-state index is 11.2. The highest BCUT2D eigenvalue weighted by atomic mass is 32.3. The van der Waals surface area contributed by atoms with Gasteiger partial charge in [-0.1, -0.05) is 6.07 Å². The molecule has 0 atom stereocenters. The summed E-state index contributed by atoms with van der Waals surface area (Å²) in [5.41, 5.74) is 0.597. The van der Waals surface area contributed by atoms with Gasteiger partial charge < -0.3 is 18.4 Å². The lowest BCUT2D eigenvalue weighted by Crippen LogP contribution is -2.26. The molecule has 0 aromatic heterocycles. The molecule has 0 spiro atoms. The lowest BCUT2D eigenvalue weighted by molar-refractivity contribution is 0.302. The minimum absolute atomic E-state index is 0.0227. The first-order valence-electron chi connectivity index (χ1n) is 5.20. The Kier molecular flexibility index (Phi) is 3.12. The molecule has 0 bridgehead atoms. The van der Waals surface area contributed by atoms with Crippen molar-refractivity contribution in [2.24, 2.45) is 0 Å². The Morgan fingerprint density at radius 3 is 2.76 bits per heavy atom. The number of benzene rings is 1. The molecule has 2 rings (SSSR count). The van der Waals surface area contributed by atoms with Crippen LogP contribution in [-0.2, 0) is 10.4 Å². The summed E-state index contributed by atoms with van der Waals surface area (Å²) < 4.78 is 31.8. The van der Waals surface area contributed by atoms with E-state index in [1.54, 1.807) is 12.1 Å². The van der Waals surface area contributed by atoms with Crippen molar-refractivity contribution >= 4 is 16.1 Å². The largest absolute Gasteiger partial charge is 0.501 e. The number of nitrogens with zero attached hydrogens (tertiary/aromatic N) is 1. The fourth-order valence-electron chi connectivity index (χ4n) is 1.70. The lowest BCUT2D eigenvalue weighted by atomic mass is 10.2. The van der Waals surface area contributed by atoms with Crippen molar-refractivity contribution in [2.75, 3.05) is 24.6 Å². The summed E-state index contributed by atoms with van der Waals surface area (Å²) in [5, 5.41) is 8.95. The number of hydrogen-bond acceptors (Lipinski definition) is 6. The lowest BCUT2D eigenvalue weighted by Gasteiger charge is -2.22. The number of hydrogen-bond donors (Lipinski definition) is 1. The quantitative estimate of drug-likeness (QED) is 0.849. The SMILES string of the molecule is CCN(CCO)c1cccc2c1OS(=O)(=O)O2. The fraction of sp³-hybridized carbons (Fsp3) is 0.400. The topological polar surface area (TPSA) is 76.1 Å². The van der Waals surface area contributed by atoms with Crippen molar-refractivity contribution in [1.82, 2.24) is 0 Å². The van der Waals surface area contributed by atoms with Crippen LogP contribution in [0, 0.1) is 0 Å². The molecule has 0 fully saturated rings. The highest BCUT2D eigenvalue weighted by Gasteiger charge is 2.31. The summed E-state index contributed by atoms with van der Waals surface area (Å²) in [6, 6.07) is 4.93. The summed E-state index contributed by atoms with van der Waals surface area (Å²) >= 11 is 0. The maximum Gasteiger partial charge on any atom is 0.501 e. The Hall–Kier alpha value is -1.47. The first kappa shape index (κ1) is 12.0. The van der Waals surface area contributed by atoms with E-state index in [0.717, 1.165) is 0 Å². The van der Waals surface area contributed by atoms with Crippen molar-refractivity contribution in [1.29, 1.82) is 0 Å². The van der Waals surface area contributed by atoms with Gasteiger partial charge in [0, 0.05) is 13.1 Å². The molecule has 1 heterocycles. The zero-order valence-electron chi connectivity index (χ0n) is 9.29. The smallest absolute Gasteiger partial charge is 0.395 e. The minimum atomic E-state index is -3.97. The summed E-state index contributed by atoms with van der Waals surface area (Å²) in [5.74, 6) is 0.363. The third-order valence-corrected chi connectivity index (χ3v) is 3.18. The van der Waals surface area contributed by atoms with Crippen LogP contribution in [0.25, 0.3) is 0 Å². The van der Waals surface area contributed by atoms with Crippen molar-refractivity contribution in [3.05, 3.63) is 18.2 Å². The van der Waals surface area contributed by atoms with E-state index in [4.69, 9.17) is 9.29 Å². The number of rotatable bonds is 4. The molecular weight excluding hydrogens is 246 g/mol.